The number of benzene rings is 1. The van der Waals surface area contributed by atoms with Crippen LogP contribution >= 0.6 is 28.1 Å². The first-order chi connectivity index (χ1) is 8.19. The lowest BCUT2D eigenvalue weighted by Crippen LogP contribution is -2.27. The molecule has 6 heteroatoms. The van der Waals surface area contributed by atoms with Crippen LogP contribution in [0.2, 0.25) is 0 Å². The highest BCUT2D eigenvalue weighted by atomic mass is 79.9. The Morgan fingerprint density at radius 2 is 2.06 bits per heavy atom. The van der Waals surface area contributed by atoms with E-state index in [1.807, 2.05) is 0 Å². The van der Waals surface area contributed by atoms with E-state index in [9.17, 15) is 4.79 Å². The molecule has 0 aliphatic heterocycles. The zero-order valence-corrected chi connectivity index (χ0v) is 12.8. The van der Waals surface area contributed by atoms with Crippen molar-refractivity contribution in [2.75, 3.05) is 5.32 Å². The van der Waals surface area contributed by atoms with Crippen molar-refractivity contribution in [2.45, 2.75) is 26.4 Å². The molecular weight excluding hydrogens is 316 g/mol. The number of carbonyl (C=O) groups is 1. The molecule has 0 unspecified atom stereocenters. The molecule has 1 aromatic rings. The average molecular weight is 331 g/mol. The number of halogens is 1. The van der Waals surface area contributed by atoms with Crippen LogP contribution in [0.15, 0.2) is 22.7 Å². The summed E-state index contributed by atoms with van der Waals surface area (Å²) in [5, 5.41) is 2.64. The third kappa shape index (κ3) is 4.62. The predicted molar refractivity (Wildman–Crippen MR) is 79.9 cm³/mol. The fraction of sp³-hybridized carbons (Fsp3) is 0.333. The van der Waals surface area contributed by atoms with E-state index < -0.39 is 11.7 Å². The van der Waals surface area contributed by atoms with Gasteiger partial charge in [0.15, 0.2) is 0 Å². The van der Waals surface area contributed by atoms with E-state index in [0.29, 0.717) is 11.3 Å². The molecule has 0 saturated carbocycles. The van der Waals surface area contributed by atoms with Crippen LogP contribution in [0.4, 0.5) is 10.5 Å². The molecule has 0 atom stereocenters. The fourth-order valence-corrected chi connectivity index (χ4v) is 1.66. The maximum Gasteiger partial charge on any atom is 0.412 e. The van der Waals surface area contributed by atoms with Gasteiger partial charge in [-0.05, 0) is 48.8 Å². The molecule has 0 heterocycles. The Hall–Kier alpha value is -1.14. The zero-order chi connectivity index (χ0) is 13.9. The number of nitrogens with one attached hydrogen (secondary N) is 1. The lowest BCUT2D eigenvalue weighted by molar-refractivity contribution is 0.0636. The summed E-state index contributed by atoms with van der Waals surface area (Å²) in [5.41, 5.74) is 6.24. The Balaban J connectivity index is 2.87. The third-order valence-electron chi connectivity index (χ3n) is 1.89. The summed E-state index contributed by atoms with van der Waals surface area (Å²) in [5.74, 6) is 0. The van der Waals surface area contributed by atoms with E-state index in [1.165, 1.54) is 0 Å². The summed E-state index contributed by atoms with van der Waals surface area (Å²) in [6.07, 6.45) is -0.525. The van der Waals surface area contributed by atoms with Crippen molar-refractivity contribution in [3.63, 3.8) is 0 Å². The van der Waals surface area contributed by atoms with Gasteiger partial charge in [0.2, 0.25) is 0 Å². The number of thiocarbonyl (C=S) groups is 1. The van der Waals surface area contributed by atoms with Gasteiger partial charge in [-0.1, -0.05) is 18.3 Å². The lowest BCUT2D eigenvalue weighted by atomic mass is 10.2. The topological polar surface area (TPSA) is 64.3 Å². The van der Waals surface area contributed by atoms with Crippen molar-refractivity contribution in [3.05, 3.63) is 28.2 Å². The molecule has 0 fully saturated rings. The molecule has 18 heavy (non-hydrogen) atoms. The van der Waals surface area contributed by atoms with E-state index in [4.69, 9.17) is 22.7 Å². The van der Waals surface area contributed by atoms with Crippen molar-refractivity contribution in [2.24, 2.45) is 5.73 Å². The Kier molecular flexibility index (Phi) is 4.70. The molecule has 1 aromatic carbocycles. The maximum absolute atomic E-state index is 11.6. The summed E-state index contributed by atoms with van der Waals surface area (Å²) in [4.78, 5) is 11.9. The first-order valence-electron chi connectivity index (χ1n) is 5.28. The molecular formula is C12H15BrN2O2S. The van der Waals surface area contributed by atoms with Gasteiger partial charge in [0.25, 0.3) is 0 Å². The van der Waals surface area contributed by atoms with Gasteiger partial charge in [-0.3, -0.25) is 5.32 Å². The Morgan fingerprint density at radius 3 is 2.56 bits per heavy atom. The van der Waals surface area contributed by atoms with Crippen molar-refractivity contribution >= 4 is 44.9 Å². The molecule has 0 spiro atoms. The van der Waals surface area contributed by atoms with Crippen LogP contribution in [0.3, 0.4) is 0 Å². The van der Waals surface area contributed by atoms with E-state index in [1.54, 1.807) is 39.0 Å². The molecule has 3 N–H and O–H groups in total. The smallest absolute Gasteiger partial charge is 0.412 e. The normalized spacial score (nSPS) is 10.9. The van der Waals surface area contributed by atoms with Gasteiger partial charge < -0.3 is 10.5 Å². The quantitative estimate of drug-likeness (QED) is 0.815. The fourth-order valence-electron chi connectivity index (χ4n) is 1.19. The number of hydrogen-bond acceptors (Lipinski definition) is 3. The largest absolute Gasteiger partial charge is 0.444 e. The van der Waals surface area contributed by atoms with E-state index >= 15 is 0 Å². The van der Waals surface area contributed by atoms with Crippen molar-refractivity contribution < 1.29 is 9.53 Å². The average Bonchev–Trinajstić information content (AvgIpc) is 2.18. The van der Waals surface area contributed by atoms with Crippen molar-refractivity contribution in [1.82, 2.24) is 0 Å². The number of anilines is 1. The lowest BCUT2D eigenvalue weighted by Gasteiger charge is -2.20. The Labute approximate surface area is 120 Å². The van der Waals surface area contributed by atoms with Gasteiger partial charge in [-0.2, -0.15) is 0 Å². The SMILES string of the molecule is CC(C)(C)OC(=O)Nc1cc(C(N)=S)ccc1Br. The highest BCUT2D eigenvalue weighted by Gasteiger charge is 2.17. The monoisotopic (exact) mass is 330 g/mol. The molecule has 0 aromatic heterocycles. The van der Waals surface area contributed by atoms with Gasteiger partial charge in [0.05, 0.1) is 5.69 Å². The Bertz CT molecular complexity index is 483. The predicted octanol–water partition coefficient (Wildman–Crippen LogP) is 3.43. The second-order valence-electron chi connectivity index (χ2n) is 4.69. The van der Waals surface area contributed by atoms with Crippen LogP contribution in [-0.2, 0) is 4.74 Å². The second-order valence-corrected chi connectivity index (χ2v) is 5.98. The molecule has 1 rings (SSSR count). The zero-order valence-electron chi connectivity index (χ0n) is 10.4. The van der Waals surface area contributed by atoms with Crippen LogP contribution in [0, 0.1) is 0 Å². The molecule has 0 aliphatic rings. The van der Waals surface area contributed by atoms with Gasteiger partial charge >= 0.3 is 6.09 Å². The number of ether oxygens (including phenoxy) is 1. The van der Waals surface area contributed by atoms with Gasteiger partial charge in [-0.15, -0.1) is 0 Å². The number of rotatable bonds is 2. The van der Waals surface area contributed by atoms with E-state index in [-0.39, 0.29) is 4.99 Å². The molecule has 0 bridgehead atoms. The van der Waals surface area contributed by atoms with E-state index in [2.05, 4.69) is 21.2 Å². The van der Waals surface area contributed by atoms with Crippen LogP contribution in [0.25, 0.3) is 0 Å². The standard InChI is InChI=1S/C12H15BrN2O2S/c1-12(2,3)17-11(16)15-9-6-7(10(14)18)4-5-8(9)13/h4-6H,1-3H3,(H2,14,18)(H,15,16). The summed E-state index contributed by atoms with van der Waals surface area (Å²) in [6, 6.07) is 5.23. The van der Waals surface area contributed by atoms with Crippen LogP contribution < -0.4 is 11.1 Å². The third-order valence-corrected chi connectivity index (χ3v) is 2.81. The minimum absolute atomic E-state index is 0.273. The minimum atomic E-state index is -0.544. The molecule has 0 radical (unpaired) electrons. The van der Waals surface area contributed by atoms with Crippen LogP contribution in [0.1, 0.15) is 26.3 Å². The number of nitrogens with two attached hydrogens (primary N) is 1. The van der Waals surface area contributed by atoms with Gasteiger partial charge in [0.1, 0.15) is 10.6 Å². The number of hydrogen-bond donors (Lipinski definition) is 2. The Morgan fingerprint density at radius 1 is 1.44 bits per heavy atom. The summed E-state index contributed by atoms with van der Waals surface area (Å²) in [6.45, 7) is 5.40. The number of amides is 1. The molecule has 4 nitrogen and oxygen atoms in total. The summed E-state index contributed by atoms with van der Waals surface area (Å²) >= 11 is 8.22. The second kappa shape index (κ2) is 5.67. The van der Waals surface area contributed by atoms with E-state index in [0.717, 1.165) is 4.47 Å². The van der Waals surface area contributed by atoms with Crippen LogP contribution in [-0.4, -0.2) is 16.7 Å². The van der Waals surface area contributed by atoms with Gasteiger partial charge in [-0.25, -0.2) is 4.79 Å². The molecule has 0 aliphatic carbocycles. The van der Waals surface area contributed by atoms with Crippen molar-refractivity contribution in [3.8, 4) is 0 Å². The minimum Gasteiger partial charge on any atom is -0.444 e. The van der Waals surface area contributed by atoms with Crippen molar-refractivity contribution in [1.29, 1.82) is 0 Å². The highest BCUT2D eigenvalue weighted by Crippen LogP contribution is 2.24. The summed E-state index contributed by atoms with van der Waals surface area (Å²) in [7, 11) is 0. The van der Waals surface area contributed by atoms with Gasteiger partial charge in [0, 0.05) is 10.0 Å². The first-order valence-corrected chi connectivity index (χ1v) is 6.48. The number of carbonyl (C=O) groups excluding carboxylic acids is 1. The molecule has 0 saturated heterocycles. The maximum atomic E-state index is 11.6. The molecule has 98 valence electrons. The molecule has 1 amide bonds. The summed E-state index contributed by atoms with van der Waals surface area (Å²) < 4.78 is 5.89. The van der Waals surface area contributed by atoms with Crippen LogP contribution in [0.5, 0.6) is 0 Å². The first kappa shape index (κ1) is 14.9. The highest BCUT2D eigenvalue weighted by molar-refractivity contribution is 9.10.